The van der Waals surface area contributed by atoms with E-state index >= 15 is 0 Å². The van der Waals surface area contributed by atoms with Crippen molar-refractivity contribution in [2.45, 2.75) is 65.7 Å². The van der Waals surface area contributed by atoms with Crippen LogP contribution in [0.1, 0.15) is 65.7 Å². The highest BCUT2D eigenvalue weighted by molar-refractivity contribution is 5.86. The molecule has 0 saturated heterocycles. The van der Waals surface area contributed by atoms with Gasteiger partial charge in [-0.05, 0) is 19.3 Å². The summed E-state index contributed by atoms with van der Waals surface area (Å²) in [6.45, 7) is 6.08. The molecule has 0 aromatic carbocycles. The molecule has 0 atom stereocenters. The molecule has 0 bridgehead atoms. The van der Waals surface area contributed by atoms with Crippen LogP contribution in [0, 0.1) is 5.92 Å². The third kappa shape index (κ3) is 6.59. The minimum Gasteiger partial charge on any atom is -0.393 e. The van der Waals surface area contributed by atoms with Crippen molar-refractivity contribution in [3.8, 4) is 0 Å². The number of rotatable bonds is 8. The van der Waals surface area contributed by atoms with Crippen LogP contribution in [-0.4, -0.2) is 11.9 Å². The van der Waals surface area contributed by atoms with Gasteiger partial charge in [-0.1, -0.05) is 40.0 Å². The van der Waals surface area contributed by atoms with Crippen molar-refractivity contribution in [3.63, 3.8) is 0 Å². The van der Waals surface area contributed by atoms with E-state index in [0.29, 0.717) is 6.42 Å². The fourth-order valence-electron chi connectivity index (χ4n) is 1.64. The van der Waals surface area contributed by atoms with Gasteiger partial charge in [0.2, 0.25) is 0 Å². The van der Waals surface area contributed by atoms with Gasteiger partial charge < -0.3 is 4.74 Å². The van der Waals surface area contributed by atoms with Crippen LogP contribution in [0.25, 0.3) is 0 Å². The van der Waals surface area contributed by atoms with Gasteiger partial charge in [0.15, 0.2) is 0 Å². The topological polar surface area (TPSA) is 43.4 Å². The highest BCUT2D eigenvalue weighted by Gasteiger charge is 2.20. The minimum atomic E-state index is -0.371. The molecule has 0 amide bonds. The number of carbonyl (C=O) groups is 2. The highest BCUT2D eigenvalue weighted by atomic mass is 16.6. The Morgan fingerprint density at radius 2 is 1.56 bits per heavy atom. The second kappa shape index (κ2) is 9.37. The first-order valence-corrected chi connectivity index (χ1v) is 6.40. The Hall–Kier alpha value is -0.860. The molecule has 0 aliphatic carbocycles. The Morgan fingerprint density at radius 3 is 2.00 bits per heavy atom. The standard InChI is InChI=1S/C13H24O3/c1-4-7-10-12(14)16-13(15)11(8-5-2)9-6-3/h11H,4-10H2,1-3H3. The summed E-state index contributed by atoms with van der Waals surface area (Å²) < 4.78 is 4.84. The van der Waals surface area contributed by atoms with Gasteiger partial charge in [0, 0.05) is 6.42 Å². The highest BCUT2D eigenvalue weighted by Crippen LogP contribution is 2.15. The smallest absolute Gasteiger partial charge is 0.316 e. The molecular weight excluding hydrogens is 204 g/mol. The van der Waals surface area contributed by atoms with E-state index < -0.39 is 0 Å². The summed E-state index contributed by atoms with van der Waals surface area (Å²) in [5.41, 5.74) is 0. The maximum absolute atomic E-state index is 11.7. The SMILES string of the molecule is CCCCC(=O)OC(=O)C(CCC)CCC. The van der Waals surface area contributed by atoms with Gasteiger partial charge in [-0.15, -0.1) is 0 Å². The van der Waals surface area contributed by atoms with Gasteiger partial charge in [0.1, 0.15) is 0 Å². The first-order valence-electron chi connectivity index (χ1n) is 6.40. The molecule has 0 rings (SSSR count). The van der Waals surface area contributed by atoms with Gasteiger partial charge in [-0.3, -0.25) is 9.59 Å². The first kappa shape index (κ1) is 15.1. The molecule has 0 radical (unpaired) electrons. The van der Waals surface area contributed by atoms with Crippen molar-refractivity contribution < 1.29 is 14.3 Å². The van der Waals surface area contributed by atoms with Crippen molar-refractivity contribution in [1.29, 1.82) is 0 Å². The van der Waals surface area contributed by atoms with Crippen LogP contribution < -0.4 is 0 Å². The molecule has 0 N–H and O–H groups in total. The monoisotopic (exact) mass is 228 g/mol. The third-order valence-corrected chi connectivity index (χ3v) is 2.56. The maximum atomic E-state index is 11.7. The zero-order chi connectivity index (χ0) is 12.4. The molecule has 0 saturated carbocycles. The molecule has 0 heterocycles. The molecular formula is C13H24O3. The van der Waals surface area contributed by atoms with Crippen molar-refractivity contribution in [1.82, 2.24) is 0 Å². The van der Waals surface area contributed by atoms with Crippen LogP contribution in [0.4, 0.5) is 0 Å². The van der Waals surface area contributed by atoms with Gasteiger partial charge in [0.05, 0.1) is 5.92 Å². The van der Waals surface area contributed by atoms with Crippen molar-refractivity contribution >= 4 is 11.9 Å². The second-order valence-electron chi connectivity index (χ2n) is 4.17. The fourth-order valence-corrected chi connectivity index (χ4v) is 1.64. The van der Waals surface area contributed by atoms with Gasteiger partial charge in [-0.25, -0.2) is 0 Å². The fraction of sp³-hybridized carbons (Fsp3) is 0.846. The number of esters is 2. The molecule has 16 heavy (non-hydrogen) atoms. The third-order valence-electron chi connectivity index (χ3n) is 2.56. The summed E-state index contributed by atoms with van der Waals surface area (Å²) in [7, 11) is 0. The average molecular weight is 228 g/mol. The summed E-state index contributed by atoms with van der Waals surface area (Å²) in [5.74, 6) is -0.797. The number of hydrogen-bond donors (Lipinski definition) is 0. The largest absolute Gasteiger partial charge is 0.393 e. The van der Waals surface area contributed by atoms with E-state index in [1.54, 1.807) is 0 Å². The van der Waals surface area contributed by atoms with Crippen molar-refractivity contribution in [3.05, 3.63) is 0 Å². The predicted molar refractivity (Wildman–Crippen MR) is 63.9 cm³/mol. The summed E-state index contributed by atoms with van der Waals surface area (Å²) in [6, 6.07) is 0. The lowest BCUT2D eigenvalue weighted by atomic mass is 9.99. The second-order valence-corrected chi connectivity index (χ2v) is 4.17. The molecule has 0 spiro atoms. The van der Waals surface area contributed by atoms with E-state index in [-0.39, 0.29) is 17.9 Å². The quantitative estimate of drug-likeness (QED) is 0.472. The number of hydrogen-bond acceptors (Lipinski definition) is 3. The average Bonchev–Trinajstić information content (AvgIpc) is 2.26. The molecule has 94 valence electrons. The zero-order valence-corrected chi connectivity index (χ0v) is 10.8. The Bertz CT molecular complexity index is 205. The van der Waals surface area contributed by atoms with Crippen LogP contribution in [-0.2, 0) is 14.3 Å². The van der Waals surface area contributed by atoms with Crippen LogP contribution in [0.2, 0.25) is 0 Å². The lowest BCUT2D eigenvalue weighted by Gasteiger charge is -2.12. The molecule has 3 heteroatoms. The first-order chi connectivity index (χ1) is 7.65. The number of ether oxygens (including phenoxy) is 1. The lowest BCUT2D eigenvalue weighted by molar-refractivity contribution is -0.163. The number of carbonyl (C=O) groups excluding carboxylic acids is 2. The Morgan fingerprint density at radius 1 is 1.00 bits per heavy atom. The van der Waals surface area contributed by atoms with Crippen LogP contribution in [0.15, 0.2) is 0 Å². The maximum Gasteiger partial charge on any atom is 0.316 e. The van der Waals surface area contributed by atoms with Crippen LogP contribution in [0.5, 0.6) is 0 Å². The molecule has 0 fully saturated rings. The van der Waals surface area contributed by atoms with Crippen LogP contribution >= 0.6 is 0 Å². The summed E-state index contributed by atoms with van der Waals surface area (Å²) in [6.07, 6.45) is 5.61. The van der Waals surface area contributed by atoms with Gasteiger partial charge >= 0.3 is 11.9 Å². The van der Waals surface area contributed by atoms with E-state index in [4.69, 9.17) is 4.74 Å². The molecule has 0 aromatic heterocycles. The Labute approximate surface area is 98.6 Å². The number of unbranched alkanes of at least 4 members (excludes halogenated alkanes) is 1. The van der Waals surface area contributed by atoms with Crippen LogP contribution in [0.3, 0.4) is 0 Å². The molecule has 0 aliphatic heterocycles. The summed E-state index contributed by atoms with van der Waals surface area (Å²) >= 11 is 0. The predicted octanol–water partition coefficient (Wildman–Crippen LogP) is 3.46. The van der Waals surface area contributed by atoms with Gasteiger partial charge in [0.25, 0.3) is 0 Å². The summed E-state index contributed by atoms with van der Waals surface area (Å²) in [4.78, 5) is 22.9. The van der Waals surface area contributed by atoms with Gasteiger partial charge in [-0.2, -0.15) is 0 Å². The Kier molecular flexibility index (Phi) is 8.87. The van der Waals surface area contributed by atoms with E-state index in [1.165, 1.54) is 0 Å². The minimum absolute atomic E-state index is 0.0967. The zero-order valence-electron chi connectivity index (χ0n) is 10.8. The molecule has 3 nitrogen and oxygen atoms in total. The molecule has 0 aliphatic rings. The Balaban J connectivity index is 4.02. The van der Waals surface area contributed by atoms with E-state index in [2.05, 4.69) is 0 Å². The van der Waals surface area contributed by atoms with E-state index in [1.807, 2.05) is 20.8 Å². The van der Waals surface area contributed by atoms with Crippen molar-refractivity contribution in [2.75, 3.05) is 0 Å². The van der Waals surface area contributed by atoms with E-state index in [9.17, 15) is 9.59 Å². The normalized spacial score (nSPS) is 10.5. The van der Waals surface area contributed by atoms with E-state index in [0.717, 1.165) is 38.5 Å². The van der Waals surface area contributed by atoms with Crippen molar-refractivity contribution in [2.24, 2.45) is 5.92 Å². The molecule has 0 aromatic rings. The summed E-state index contributed by atoms with van der Waals surface area (Å²) in [5, 5.41) is 0. The lowest BCUT2D eigenvalue weighted by Crippen LogP contribution is -2.21. The molecule has 0 unspecified atom stereocenters.